The number of rotatable bonds is 5. The Labute approximate surface area is 129 Å². The van der Waals surface area contributed by atoms with Gasteiger partial charge in [-0.05, 0) is 18.9 Å². The fourth-order valence-electron chi connectivity index (χ4n) is 3.21. The van der Waals surface area contributed by atoms with Crippen LogP contribution in [-0.4, -0.2) is 56.9 Å². The van der Waals surface area contributed by atoms with E-state index in [4.69, 9.17) is 4.74 Å². The molecule has 0 amide bonds. The summed E-state index contributed by atoms with van der Waals surface area (Å²) in [6.45, 7) is 4.04. The van der Waals surface area contributed by atoms with E-state index in [1.807, 2.05) is 11.6 Å². The molecular formula is C13H21N3O3S2. The lowest BCUT2D eigenvalue weighted by molar-refractivity contribution is 0.0776. The second-order valence-electron chi connectivity index (χ2n) is 5.87. The predicted molar refractivity (Wildman–Crippen MR) is 81.6 cm³/mol. The molecule has 1 aromatic rings. The van der Waals surface area contributed by atoms with Gasteiger partial charge in [-0.2, -0.15) is 0 Å². The molecule has 2 fully saturated rings. The first kappa shape index (κ1) is 15.4. The van der Waals surface area contributed by atoms with Crippen LogP contribution < -0.4 is 4.72 Å². The molecule has 0 spiro atoms. The molecule has 2 aliphatic heterocycles. The van der Waals surface area contributed by atoms with Gasteiger partial charge in [-0.15, -0.1) is 11.3 Å². The lowest BCUT2D eigenvalue weighted by atomic mass is 9.84. The summed E-state index contributed by atoms with van der Waals surface area (Å²) in [7, 11) is -3.16. The Morgan fingerprint density at radius 2 is 2.43 bits per heavy atom. The van der Waals surface area contributed by atoms with E-state index in [1.54, 1.807) is 11.3 Å². The summed E-state index contributed by atoms with van der Waals surface area (Å²) < 4.78 is 30.9. The maximum absolute atomic E-state index is 11.2. The standard InChI is InChI=1S/C13H21N3O3S2/c1-21(17,18)15-6-12-11-7-16(4-2-10(11)9-19-12)8-13-14-3-5-20-13/h3,5,10-12,15H,2,4,6-9H2,1H3/t10-,11-,12+/m1/s1. The van der Waals surface area contributed by atoms with E-state index in [0.29, 0.717) is 18.4 Å². The zero-order valence-corrected chi connectivity index (χ0v) is 13.7. The molecule has 3 atom stereocenters. The molecule has 2 saturated heterocycles. The highest BCUT2D eigenvalue weighted by atomic mass is 32.2. The summed E-state index contributed by atoms with van der Waals surface area (Å²) >= 11 is 1.68. The highest BCUT2D eigenvalue weighted by Gasteiger charge is 2.40. The van der Waals surface area contributed by atoms with E-state index in [2.05, 4.69) is 14.6 Å². The van der Waals surface area contributed by atoms with Crippen molar-refractivity contribution in [3.8, 4) is 0 Å². The number of fused-ring (bicyclic) bond motifs is 1. The fourth-order valence-corrected chi connectivity index (χ4v) is 4.33. The van der Waals surface area contributed by atoms with Gasteiger partial charge in [0, 0.05) is 30.6 Å². The van der Waals surface area contributed by atoms with Crippen molar-refractivity contribution < 1.29 is 13.2 Å². The minimum Gasteiger partial charge on any atom is -0.376 e. The van der Waals surface area contributed by atoms with Crippen molar-refractivity contribution in [3.05, 3.63) is 16.6 Å². The molecule has 118 valence electrons. The van der Waals surface area contributed by atoms with Crippen molar-refractivity contribution >= 4 is 21.4 Å². The van der Waals surface area contributed by atoms with Gasteiger partial charge in [-0.3, -0.25) is 4.90 Å². The number of piperidine rings is 1. The molecule has 0 aliphatic carbocycles. The van der Waals surface area contributed by atoms with Gasteiger partial charge in [-0.1, -0.05) is 0 Å². The topological polar surface area (TPSA) is 71.5 Å². The summed E-state index contributed by atoms with van der Waals surface area (Å²) in [6, 6.07) is 0. The van der Waals surface area contributed by atoms with Crippen LogP contribution in [0.1, 0.15) is 11.4 Å². The van der Waals surface area contributed by atoms with Crippen LogP contribution in [0, 0.1) is 11.8 Å². The number of hydrogen-bond donors (Lipinski definition) is 1. The molecule has 1 aromatic heterocycles. The molecule has 0 radical (unpaired) electrons. The van der Waals surface area contributed by atoms with Gasteiger partial charge >= 0.3 is 0 Å². The van der Waals surface area contributed by atoms with Crippen LogP contribution in [0.4, 0.5) is 0 Å². The summed E-state index contributed by atoms with van der Waals surface area (Å²) in [4.78, 5) is 6.74. The third-order valence-electron chi connectivity index (χ3n) is 4.28. The molecule has 0 unspecified atom stereocenters. The Balaban J connectivity index is 1.58. The van der Waals surface area contributed by atoms with Crippen LogP contribution in [0.3, 0.4) is 0 Å². The van der Waals surface area contributed by atoms with Crippen LogP contribution >= 0.6 is 11.3 Å². The number of nitrogens with one attached hydrogen (secondary N) is 1. The third-order valence-corrected chi connectivity index (χ3v) is 5.74. The largest absolute Gasteiger partial charge is 0.376 e. The monoisotopic (exact) mass is 331 g/mol. The number of thiazole rings is 1. The maximum Gasteiger partial charge on any atom is 0.208 e. The van der Waals surface area contributed by atoms with E-state index < -0.39 is 10.0 Å². The molecule has 0 bridgehead atoms. The molecule has 3 heterocycles. The number of hydrogen-bond acceptors (Lipinski definition) is 6. The van der Waals surface area contributed by atoms with Crippen molar-refractivity contribution in [1.29, 1.82) is 0 Å². The Morgan fingerprint density at radius 3 is 3.14 bits per heavy atom. The second kappa shape index (κ2) is 6.29. The first-order valence-corrected chi connectivity index (χ1v) is 9.95. The first-order valence-electron chi connectivity index (χ1n) is 7.18. The van der Waals surface area contributed by atoms with Gasteiger partial charge in [-0.25, -0.2) is 18.1 Å². The Morgan fingerprint density at radius 1 is 1.57 bits per heavy atom. The minimum atomic E-state index is -3.16. The number of nitrogens with zero attached hydrogens (tertiary/aromatic N) is 2. The van der Waals surface area contributed by atoms with Crippen LogP contribution in [0.25, 0.3) is 0 Å². The van der Waals surface area contributed by atoms with Gasteiger partial charge in [0.2, 0.25) is 10.0 Å². The van der Waals surface area contributed by atoms with Crippen molar-refractivity contribution in [1.82, 2.24) is 14.6 Å². The minimum absolute atomic E-state index is 0.0104. The van der Waals surface area contributed by atoms with E-state index in [-0.39, 0.29) is 6.10 Å². The molecule has 0 aromatic carbocycles. The number of aromatic nitrogens is 1. The Hall–Kier alpha value is -0.540. The van der Waals surface area contributed by atoms with Crippen molar-refractivity contribution in [2.75, 3.05) is 32.5 Å². The molecule has 3 rings (SSSR count). The van der Waals surface area contributed by atoms with E-state index in [1.165, 1.54) is 6.26 Å². The van der Waals surface area contributed by atoms with E-state index in [0.717, 1.165) is 37.7 Å². The first-order chi connectivity index (χ1) is 10.0. The normalized spacial score (nSPS) is 30.4. The number of likely N-dealkylation sites (tertiary alicyclic amines) is 1. The highest BCUT2D eigenvalue weighted by Crippen LogP contribution is 2.34. The molecule has 1 N–H and O–H groups in total. The van der Waals surface area contributed by atoms with Crippen LogP contribution in [0.15, 0.2) is 11.6 Å². The smallest absolute Gasteiger partial charge is 0.208 e. The average Bonchev–Trinajstić information content (AvgIpc) is 3.05. The SMILES string of the molecule is CS(=O)(=O)NC[C@@H]1OC[C@H]2CCN(Cc3nccs3)C[C@H]21. The molecule has 2 aliphatic rings. The van der Waals surface area contributed by atoms with Crippen molar-refractivity contribution in [2.24, 2.45) is 11.8 Å². The zero-order chi connectivity index (χ0) is 14.9. The highest BCUT2D eigenvalue weighted by molar-refractivity contribution is 7.88. The van der Waals surface area contributed by atoms with Gasteiger partial charge in [0.25, 0.3) is 0 Å². The molecule has 8 heteroatoms. The maximum atomic E-state index is 11.2. The summed E-state index contributed by atoms with van der Waals surface area (Å²) in [5.74, 6) is 0.969. The van der Waals surface area contributed by atoms with Gasteiger partial charge in [0.05, 0.1) is 25.5 Å². The summed E-state index contributed by atoms with van der Waals surface area (Å²) in [6.07, 6.45) is 4.13. The fraction of sp³-hybridized carbons (Fsp3) is 0.769. The Bertz CT molecular complexity index is 561. The Kier molecular flexibility index (Phi) is 4.60. The second-order valence-corrected chi connectivity index (χ2v) is 8.68. The van der Waals surface area contributed by atoms with E-state index >= 15 is 0 Å². The van der Waals surface area contributed by atoms with Crippen LogP contribution in [-0.2, 0) is 21.3 Å². The lowest BCUT2D eigenvalue weighted by Gasteiger charge is -2.35. The van der Waals surface area contributed by atoms with Gasteiger partial charge in [0.1, 0.15) is 5.01 Å². The molecule has 6 nitrogen and oxygen atoms in total. The van der Waals surface area contributed by atoms with Gasteiger partial charge in [0.15, 0.2) is 0 Å². The number of sulfonamides is 1. The average molecular weight is 331 g/mol. The van der Waals surface area contributed by atoms with Crippen molar-refractivity contribution in [3.63, 3.8) is 0 Å². The van der Waals surface area contributed by atoms with Gasteiger partial charge < -0.3 is 4.74 Å². The van der Waals surface area contributed by atoms with Crippen LogP contribution in [0.5, 0.6) is 0 Å². The lowest BCUT2D eigenvalue weighted by Crippen LogP contribution is -2.44. The molecular weight excluding hydrogens is 310 g/mol. The van der Waals surface area contributed by atoms with Crippen molar-refractivity contribution in [2.45, 2.75) is 19.1 Å². The third kappa shape index (κ3) is 4.01. The van der Waals surface area contributed by atoms with Crippen LogP contribution in [0.2, 0.25) is 0 Å². The molecule has 21 heavy (non-hydrogen) atoms. The zero-order valence-electron chi connectivity index (χ0n) is 12.1. The number of ether oxygens (including phenoxy) is 1. The molecule has 0 saturated carbocycles. The predicted octanol–water partition coefficient (Wildman–Crippen LogP) is 0.529. The summed E-state index contributed by atoms with van der Waals surface area (Å²) in [5.41, 5.74) is 0. The quantitative estimate of drug-likeness (QED) is 0.852. The van der Waals surface area contributed by atoms with E-state index in [9.17, 15) is 8.42 Å². The summed E-state index contributed by atoms with van der Waals surface area (Å²) in [5, 5.41) is 3.14.